The molecule has 1 aromatic carbocycles. The van der Waals surface area contributed by atoms with E-state index in [9.17, 15) is 4.79 Å². The Bertz CT molecular complexity index is 792. The predicted octanol–water partition coefficient (Wildman–Crippen LogP) is 3.87. The number of nitrogens with one attached hydrogen (secondary N) is 1. The number of anilines is 2. The molecule has 0 atom stereocenters. The van der Waals surface area contributed by atoms with E-state index in [2.05, 4.69) is 10.3 Å². The summed E-state index contributed by atoms with van der Waals surface area (Å²) in [4.78, 5) is 19.0. The van der Waals surface area contributed by atoms with Crippen molar-refractivity contribution >= 4 is 17.3 Å². The van der Waals surface area contributed by atoms with Crippen molar-refractivity contribution < 1.29 is 19.0 Å². The lowest BCUT2D eigenvalue weighted by Crippen LogP contribution is -2.32. The molecule has 7 heteroatoms. The highest BCUT2D eigenvalue weighted by atomic mass is 16.5. The zero-order valence-electron chi connectivity index (χ0n) is 16.7. The van der Waals surface area contributed by atoms with Gasteiger partial charge in [0, 0.05) is 42.8 Å². The minimum absolute atomic E-state index is 0.0181. The summed E-state index contributed by atoms with van der Waals surface area (Å²) in [5.41, 5.74) is 1.97. The van der Waals surface area contributed by atoms with Crippen LogP contribution in [-0.2, 0) is 0 Å². The van der Waals surface area contributed by atoms with Crippen molar-refractivity contribution in [1.29, 1.82) is 0 Å². The third kappa shape index (κ3) is 4.47. The molecule has 0 spiro atoms. The summed E-state index contributed by atoms with van der Waals surface area (Å²) in [5.74, 6) is 1.62. The molecule has 3 rings (SSSR count). The first-order valence-corrected chi connectivity index (χ1v) is 9.48. The lowest BCUT2D eigenvalue weighted by molar-refractivity contribution is 0.0756. The van der Waals surface area contributed by atoms with E-state index in [1.165, 1.54) is 12.8 Å². The highest BCUT2D eigenvalue weighted by Gasteiger charge is 2.19. The Balaban J connectivity index is 1.82. The second-order valence-corrected chi connectivity index (χ2v) is 6.68. The van der Waals surface area contributed by atoms with Gasteiger partial charge in [-0.15, -0.1) is 0 Å². The number of amides is 1. The summed E-state index contributed by atoms with van der Waals surface area (Å²) in [7, 11) is 4.72. The number of carbonyl (C=O) groups is 1. The van der Waals surface area contributed by atoms with E-state index >= 15 is 0 Å². The van der Waals surface area contributed by atoms with Crippen LogP contribution in [0.1, 0.15) is 36.2 Å². The number of carbonyl (C=O) groups excluding carboxylic acids is 1. The smallest absolute Gasteiger partial charge is 0.272 e. The molecule has 0 aliphatic carbocycles. The third-order valence-corrected chi connectivity index (χ3v) is 4.83. The lowest BCUT2D eigenvalue weighted by atomic mass is 10.2. The van der Waals surface area contributed by atoms with Crippen molar-refractivity contribution in [2.45, 2.75) is 25.7 Å². The highest BCUT2D eigenvalue weighted by molar-refractivity contribution is 5.93. The topological polar surface area (TPSA) is 72.9 Å². The number of ether oxygens (including phenoxy) is 3. The molecule has 0 bridgehead atoms. The van der Waals surface area contributed by atoms with Gasteiger partial charge in [0.25, 0.3) is 5.91 Å². The summed E-state index contributed by atoms with van der Waals surface area (Å²) in [6.07, 6.45) is 6.11. The fraction of sp³-hybridized carbons (Fsp3) is 0.429. The van der Waals surface area contributed by atoms with Gasteiger partial charge in [-0.25, -0.2) is 0 Å². The minimum atomic E-state index is -0.0181. The Morgan fingerprint density at radius 3 is 2.14 bits per heavy atom. The maximum Gasteiger partial charge on any atom is 0.272 e. The van der Waals surface area contributed by atoms with Gasteiger partial charge in [0.15, 0.2) is 11.5 Å². The van der Waals surface area contributed by atoms with Crippen LogP contribution < -0.4 is 19.5 Å². The van der Waals surface area contributed by atoms with Gasteiger partial charge in [-0.05, 0) is 25.0 Å². The van der Waals surface area contributed by atoms with Crippen molar-refractivity contribution in [3.8, 4) is 17.2 Å². The Labute approximate surface area is 165 Å². The second kappa shape index (κ2) is 9.30. The average molecular weight is 385 g/mol. The molecule has 0 unspecified atom stereocenters. The van der Waals surface area contributed by atoms with Crippen LogP contribution in [0.25, 0.3) is 0 Å². The van der Waals surface area contributed by atoms with Crippen LogP contribution >= 0.6 is 0 Å². The molecule has 1 saturated heterocycles. The Hall–Kier alpha value is -2.96. The molecule has 1 aliphatic heterocycles. The first-order valence-electron chi connectivity index (χ1n) is 9.48. The number of pyridine rings is 1. The van der Waals surface area contributed by atoms with Gasteiger partial charge in [0.1, 0.15) is 5.69 Å². The highest BCUT2D eigenvalue weighted by Crippen LogP contribution is 2.40. The van der Waals surface area contributed by atoms with Gasteiger partial charge < -0.3 is 24.4 Å². The first-order chi connectivity index (χ1) is 13.7. The Kier molecular flexibility index (Phi) is 6.57. The maximum absolute atomic E-state index is 12.8. The molecule has 1 amide bonds. The zero-order chi connectivity index (χ0) is 19.9. The van der Waals surface area contributed by atoms with Crippen molar-refractivity contribution in [1.82, 2.24) is 9.88 Å². The molecule has 1 fully saturated rings. The quantitative estimate of drug-likeness (QED) is 0.814. The van der Waals surface area contributed by atoms with Crippen molar-refractivity contribution in [3.05, 3.63) is 36.2 Å². The van der Waals surface area contributed by atoms with Gasteiger partial charge in [-0.2, -0.15) is 0 Å². The summed E-state index contributed by atoms with van der Waals surface area (Å²) >= 11 is 0. The van der Waals surface area contributed by atoms with E-state index in [0.717, 1.165) is 37.3 Å². The van der Waals surface area contributed by atoms with Crippen molar-refractivity contribution in [3.63, 3.8) is 0 Å². The van der Waals surface area contributed by atoms with Gasteiger partial charge >= 0.3 is 0 Å². The van der Waals surface area contributed by atoms with Crippen molar-refractivity contribution in [2.75, 3.05) is 39.7 Å². The number of aromatic nitrogens is 1. The number of benzene rings is 1. The second-order valence-electron chi connectivity index (χ2n) is 6.68. The van der Waals surface area contributed by atoms with E-state index in [0.29, 0.717) is 22.9 Å². The SMILES string of the molecule is COc1cc(Nc2ccnc(C(=O)N3CCCCCC3)c2)cc(OC)c1OC. The number of hydrogen-bond donors (Lipinski definition) is 1. The maximum atomic E-state index is 12.8. The summed E-state index contributed by atoms with van der Waals surface area (Å²) < 4.78 is 16.1. The Morgan fingerprint density at radius 1 is 0.929 bits per heavy atom. The standard InChI is InChI=1S/C21H27N3O4/c1-26-18-13-16(14-19(27-2)20(18)28-3)23-15-8-9-22-17(12-15)21(25)24-10-6-4-5-7-11-24/h8-9,12-14H,4-7,10-11H2,1-3H3,(H,22,23). The van der Waals surface area contributed by atoms with E-state index in [-0.39, 0.29) is 5.91 Å². The molecule has 28 heavy (non-hydrogen) atoms. The van der Waals surface area contributed by atoms with Crippen LogP contribution in [0.4, 0.5) is 11.4 Å². The van der Waals surface area contributed by atoms with Crippen LogP contribution in [0.2, 0.25) is 0 Å². The van der Waals surface area contributed by atoms with E-state index in [4.69, 9.17) is 14.2 Å². The molecule has 0 saturated carbocycles. The summed E-state index contributed by atoms with van der Waals surface area (Å²) in [6.45, 7) is 1.59. The molecule has 0 radical (unpaired) electrons. The number of nitrogens with zero attached hydrogens (tertiary/aromatic N) is 2. The van der Waals surface area contributed by atoms with Crippen LogP contribution in [0.3, 0.4) is 0 Å². The molecule has 1 aliphatic rings. The summed E-state index contributed by atoms with van der Waals surface area (Å²) in [5, 5.41) is 3.29. The molecule has 7 nitrogen and oxygen atoms in total. The molecular weight excluding hydrogens is 358 g/mol. The normalized spacial score (nSPS) is 14.2. The molecule has 150 valence electrons. The van der Waals surface area contributed by atoms with Crippen LogP contribution in [0.5, 0.6) is 17.2 Å². The van der Waals surface area contributed by atoms with Crippen LogP contribution in [0, 0.1) is 0 Å². The van der Waals surface area contributed by atoms with Crippen molar-refractivity contribution in [2.24, 2.45) is 0 Å². The Morgan fingerprint density at radius 2 is 1.57 bits per heavy atom. The number of rotatable bonds is 6. The predicted molar refractivity (Wildman–Crippen MR) is 108 cm³/mol. The molecular formula is C21H27N3O4. The zero-order valence-corrected chi connectivity index (χ0v) is 16.7. The van der Waals surface area contributed by atoms with Crippen LogP contribution in [0.15, 0.2) is 30.5 Å². The fourth-order valence-corrected chi connectivity index (χ4v) is 3.38. The lowest BCUT2D eigenvalue weighted by Gasteiger charge is -2.20. The van der Waals surface area contributed by atoms with Gasteiger partial charge in [0.05, 0.1) is 21.3 Å². The van der Waals surface area contributed by atoms with Crippen LogP contribution in [-0.4, -0.2) is 50.2 Å². The molecule has 1 aromatic heterocycles. The molecule has 2 heterocycles. The fourth-order valence-electron chi connectivity index (χ4n) is 3.38. The van der Waals surface area contributed by atoms with E-state index in [1.807, 2.05) is 23.1 Å². The molecule has 1 N–H and O–H groups in total. The van der Waals surface area contributed by atoms with E-state index in [1.54, 1.807) is 33.6 Å². The largest absolute Gasteiger partial charge is 0.493 e. The first kappa shape index (κ1) is 19.8. The van der Waals surface area contributed by atoms with Gasteiger partial charge in [0.2, 0.25) is 5.75 Å². The van der Waals surface area contributed by atoms with Gasteiger partial charge in [-0.1, -0.05) is 12.8 Å². The number of methoxy groups -OCH3 is 3. The number of likely N-dealkylation sites (tertiary alicyclic amines) is 1. The van der Waals surface area contributed by atoms with Gasteiger partial charge in [-0.3, -0.25) is 9.78 Å². The monoisotopic (exact) mass is 385 g/mol. The minimum Gasteiger partial charge on any atom is -0.493 e. The number of hydrogen-bond acceptors (Lipinski definition) is 6. The van der Waals surface area contributed by atoms with E-state index < -0.39 is 0 Å². The summed E-state index contributed by atoms with van der Waals surface area (Å²) in [6, 6.07) is 7.23. The third-order valence-electron chi connectivity index (χ3n) is 4.83. The molecule has 2 aromatic rings. The average Bonchev–Trinajstić information content (AvgIpc) is 3.02.